The highest BCUT2D eigenvalue weighted by Crippen LogP contribution is 2.34. The third-order valence-electron chi connectivity index (χ3n) is 5.69. The Morgan fingerprint density at radius 3 is 2.76 bits per heavy atom. The molecule has 2 saturated heterocycles. The zero-order chi connectivity index (χ0) is 17.6. The lowest BCUT2D eigenvalue weighted by Crippen LogP contribution is -2.44. The fraction of sp³-hybridized carbons (Fsp3) is 0.500. The summed E-state index contributed by atoms with van der Waals surface area (Å²) >= 11 is 0. The fourth-order valence-corrected chi connectivity index (χ4v) is 4.65. The first-order valence-electron chi connectivity index (χ1n) is 9.19. The zero-order valence-electron chi connectivity index (χ0n) is 14.9. The number of para-hydroxylation sites is 1. The van der Waals surface area contributed by atoms with Crippen LogP contribution in [-0.4, -0.2) is 57.0 Å². The second kappa shape index (κ2) is 6.30. The molecule has 0 unspecified atom stereocenters. The largest absolute Gasteiger partial charge is 0.505 e. The van der Waals surface area contributed by atoms with Gasteiger partial charge in [0.1, 0.15) is 5.75 Å². The molecule has 0 radical (unpaired) electrons. The van der Waals surface area contributed by atoms with Crippen molar-refractivity contribution in [1.29, 1.82) is 0 Å². The number of aromatic nitrogens is 1. The minimum Gasteiger partial charge on any atom is -0.505 e. The van der Waals surface area contributed by atoms with Gasteiger partial charge in [-0.1, -0.05) is 18.2 Å². The van der Waals surface area contributed by atoms with Crippen molar-refractivity contribution in [3.05, 3.63) is 36.0 Å². The molecule has 5 heteroatoms. The van der Waals surface area contributed by atoms with Crippen molar-refractivity contribution < 1.29 is 9.90 Å². The lowest BCUT2D eigenvalue weighted by molar-refractivity contribution is 0.0727. The van der Waals surface area contributed by atoms with E-state index < -0.39 is 0 Å². The number of carbonyl (C=O) groups is 1. The topological polar surface area (TPSA) is 56.7 Å². The minimum atomic E-state index is -0.0765. The standard InChI is InChI=1S/C20H25N3O2/c1-13(2)23-14-7-8-15(23)12-22(10-9-14)20(25)19-16-5-3-4-6-17(16)21-11-18(19)24/h3-6,11,13-15,24H,7-10,12H2,1-2H3/t14-,15-/m0/s1. The van der Waals surface area contributed by atoms with Gasteiger partial charge >= 0.3 is 0 Å². The van der Waals surface area contributed by atoms with Crippen molar-refractivity contribution in [3.8, 4) is 5.75 Å². The Balaban J connectivity index is 1.67. The van der Waals surface area contributed by atoms with Crippen molar-refractivity contribution >= 4 is 16.8 Å². The first kappa shape index (κ1) is 16.3. The van der Waals surface area contributed by atoms with Crippen LogP contribution in [0.5, 0.6) is 5.75 Å². The Hall–Kier alpha value is -2.14. The second-order valence-corrected chi connectivity index (χ2v) is 7.50. The molecule has 25 heavy (non-hydrogen) atoms. The lowest BCUT2D eigenvalue weighted by atomic mass is 10.0. The van der Waals surface area contributed by atoms with Crippen LogP contribution in [0.1, 0.15) is 43.5 Å². The van der Waals surface area contributed by atoms with Crippen LogP contribution >= 0.6 is 0 Å². The van der Waals surface area contributed by atoms with Crippen LogP contribution in [0.2, 0.25) is 0 Å². The molecule has 3 heterocycles. The molecule has 1 aromatic carbocycles. The molecule has 1 amide bonds. The Labute approximate surface area is 148 Å². The van der Waals surface area contributed by atoms with Gasteiger partial charge in [0.2, 0.25) is 0 Å². The van der Waals surface area contributed by atoms with Crippen LogP contribution in [0.3, 0.4) is 0 Å². The maximum atomic E-state index is 13.3. The summed E-state index contributed by atoms with van der Waals surface area (Å²) in [7, 11) is 0. The van der Waals surface area contributed by atoms with Gasteiger partial charge < -0.3 is 10.0 Å². The molecule has 2 aliphatic rings. The Morgan fingerprint density at radius 2 is 1.96 bits per heavy atom. The van der Waals surface area contributed by atoms with E-state index in [1.807, 2.05) is 29.2 Å². The average molecular weight is 339 g/mol. The quantitative estimate of drug-likeness (QED) is 0.914. The number of benzene rings is 1. The molecule has 2 aromatic rings. The molecule has 1 N–H and O–H groups in total. The number of carbonyl (C=O) groups excluding carboxylic acids is 1. The minimum absolute atomic E-state index is 0.0289. The number of pyridine rings is 1. The average Bonchev–Trinajstić information content (AvgIpc) is 2.89. The van der Waals surface area contributed by atoms with Crippen LogP contribution in [0.4, 0.5) is 0 Å². The van der Waals surface area contributed by atoms with Gasteiger partial charge in [0, 0.05) is 36.6 Å². The van der Waals surface area contributed by atoms with Crippen molar-refractivity contribution in [3.63, 3.8) is 0 Å². The summed E-state index contributed by atoms with van der Waals surface area (Å²) in [5.41, 5.74) is 1.13. The van der Waals surface area contributed by atoms with Crippen LogP contribution in [0, 0.1) is 0 Å². The van der Waals surface area contributed by atoms with Gasteiger partial charge in [0.05, 0.1) is 17.3 Å². The van der Waals surface area contributed by atoms with Crippen LogP contribution < -0.4 is 0 Å². The zero-order valence-corrected chi connectivity index (χ0v) is 14.9. The first-order valence-corrected chi connectivity index (χ1v) is 9.19. The van der Waals surface area contributed by atoms with E-state index in [9.17, 15) is 9.90 Å². The summed E-state index contributed by atoms with van der Waals surface area (Å²) in [6.07, 6.45) is 4.77. The molecule has 2 atom stereocenters. The third kappa shape index (κ3) is 2.76. The van der Waals surface area contributed by atoms with Gasteiger partial charge in [-0.05, 0) is 39.2 Å². The van der Waals surface area contributed by atoms with Gasteiger partial charge in [0.15, 0.2) is 0 Å². The van der Waals surface area contributed by atoms with E-state index in [0.717, 1.165) is 36.8 Å². The highest BCUT2D eigenvalue weighted by Gasteiger charge is 2.40. The first-order chi connectivity index (χ1) is 12.1. The van der Waals surface area contributed by atoms with E-state index in [-0.39, 0.29) is 11.7 Å². The number of hydrogen-bond acceptors (Lipinski definition) is 4. The van der Waals surface area contributed by atoms with Gasteiger partial charge in [-0.3, -0.25) is 14.7 Å². The number of likely N-dealkylation sites (tertiary alicyclic amines) is 1. The van der Waals surface area contributed by atoms with Crippen LogP contribution in [-0.2, 0) is 0 Å². The molecule has 0 aliphatic carbocycles. The summed E-state index contributed by atoms with van der Waals surface area (Å²) in [6.45, 7) is 5.97. The van der Waals surface area contributed by atoms with Crippen molar-refractivity contribution in [2.75, 3.05) is 13.1 Å². The predicted octanol–water partition coefficient (Wildman–Crippen LogP) is 3.03. The molecule has 132 valence electrons. The molecule has 0 spiro atoms. The maximum absolute atomic E-state index is 13.3. The fourth-order valence-electron chi connectivity index (χ4n) is 4.65. The third-order valence-corrected chi connectivity index (χ3v) is 5.69. The summed E-state index contributed by atoms with van der Waals surface area (Å²) in [4.78, 5) is 22.0. The van der Waals surface area contributed by atoms with Gasteiger partial charge in [0.25, 0.3) is 5.91 Å². The Bertz CT molecular complexity index is 805. The monoisotopic (exact) mass is 339 g/mol. The molecular formula is C20H25N3O2. The molecule has 2 fully saturated rings. The van der Waals surface area contributed by atoms with E-state index in [0.29, 0.717) is 23.7 Å². The normalized spacial score (nSPS) is 24.0. The summed E-state index contributed by atoms with van der Waals surface area (Å²) in [5.74, 6) is -0.105. The van der Waals surface area contributed by atoms with E-state index in [1.54, 1.807) is 0 Å². The second-order valence-electron chi connectivity index (χ2n) is 7.50. The van der Waals surface area contributed by atoms with Crippen LogP contribution in [0.25, 0.3) is 10.9 Å². The number of nitrogens with zero attached hydrogens (tertiary/aromatic N) is 3. The number of hydrogen-bond donors (Lipinski definition) is 1. The van der Waals surface area contributed by atoms with E-state index in [1.165, 1.54) is 12.6 Å². The van der Waals surface area contributed by atoms with E-state index >= 15 is 0 Å². The molecule has 0 saturated carbocycles. The molecule has 2 aliphatic heterocycles. The Kier molecular flexibility index (Phi) is 4.12. The SMILES string of the molecule is CC(C)N1[C@H]2CC[C@H]1CN(C(=O)c1c(O)cnc3ccccc13)CC2. The molecule has 5 nitrogen and oxygen atoms in total. The smallest absolute Gasteiger partial charge is 0.258 e. The van der Waals surface area contributed by atoms with E-state index in [2.05, 4.69) is 23.7 Å². The lowest BCUT2D eigenvalue weighted by Gasteiger charge is -2.32. The highest BCUT2D eigenvalue weighted by molar-refractivity contribution is 6.08. The molecule has 4 rings (SSSR count). The van der Waals surface area contributed by atoms with Gasteiger partial charge in [-0.2, -0.15) is 0 Å². The summed E-state index contributed by atoms with van der Waals surface area (Å²) < 4.78 is 0. The number of amides is 1. The number of aromatic hydroxyl groups is 1. The van der Waals surface area contributed by atoms with Crippen molar-refractivity contribution in [1.82, 2.24) is 14.8 Å². The van der Waals surface area contributed by atoms with Crippen molar-refractivity contribution in [2.45, 2.75) is 51.2 Å². The number of rotatable bonds is 2. The van der Waals surface area contributed by atoms with E-state index in [4.69, 9.17) is 0 Å². The Morgan fingerprint density at radius 1 is 1.20 bits per heavy atom. The van der Waals surface area contributed by atoms with Gasteiger partial charge in [-0.15, -0.1) is 0 Å². The summed E-state index contributed by atoms with van der Waals surface area (Å²) in [6, 6.07) is 9.01. The molecule has 1 aromatic heterocycles. The predicted molar refractivity (Wildman–Crippen MR) is 97.7 cm³/mol. The highest BCUT2D eigenvalue weighted by atomic mass is 16.3. The molecular weight excluding hydrogens is 314 g/mol. The molecule has 2 bridgehead atoms. The number of fused-ring (bicyclic) bond motifs is 3. The maximum Gasteiger partial charge on any atom is 0.258 e. The van der Waals surface area contributed by atoms with Crippen molar-refractivity contribution in [2.24, 2.45) is 0 Å². The van der Waals surface area contributed by atoms with Crippen LogP contribution in [0.15, 0.2) is 30.5 Å². The summed E-state index contributed by atoms with van der Waals surface area (Å²) in [5, 5.41) is 11.1. The van der Waals surface area contributed by atoms with Gasteiger partial charge in [-0.25, -0.2) is 0 Å².